The number of phenolic OH excluding ortho intramolecular Hbond substituents is 1. The molecule has 1 aromatic carbocycles. The summed E-state index contributed by atoms with van der Waals surface area (Å²) in [7, 11) is 3.73. The van der Waals surface area contributed by atoms with Crippen molar-refractivity contribution in [1.29, 1.82) is 0 Å². The first-order chi connectivity index (χ1) is 9.52. The van der Waals surface area contributed by atoms with Crippen molar-refractivity contribution in [3.05, 3.63) is 29.3 Å². The maximum atomic E-state index is 11.7. The van der Waals surface area contributed by atoms with Crippen molar-refractivity contribution < 1.29 is 9.90 Å². The van der Waals surface area contributed by atoms with Crippen LogP contribution in [0.4, 0.5) is 0 Å². The molecule has 2 unspecified atom stereocenters. The van der Waals surface area contributed by atoms with Crippen molar-refractivity contribution >= 4 is 5.91 Å². The van der Waals surface area contributed by atoms with E-state index in [-0.39, 0.29) is 17.9 Å². The minimum atomic E-state index is -0.0346. The molecule has 2 N–H and O–H groups in total. The topological polar surface area (TPSA) is 52.6 Å². The molecule has 0 bridgehead atoms. The van der Waals surface area contributed by atoms with Gasteiger partial charge < -0.3 is 10.4 Å². The zero-order valence-electron chi connectivity index (χ0n) is 12.5. The molecule has 0 fully saturated rings. The molecule has 0 saturated heterocycles. The monoisotopic (exact) mass is 276 g/mol. The fourth-order valence-corrected chi connectivity index (χ4v) is 3.11. The molecular weight excluding hydrogens is 252 g/mol. The summed E-state index contributed by atoms with van der Waals surface area (Å²) in [4.78, 5) is 13.9. The highest BCUT2D eigenvalue weighted by atomic mass is 16.3. The highest BCUT2D eigenvalue weighted by molar-refractivity contribution is 5.78. The number of hydrogen-bond acceptors (Lipinski definition) is 3. The van der Waals surface area contributed by atoms with Gasteiger partial charge in [-0.25, -0.2) is 0 Å². The molecular formula is C16H24N2O2. The number of hydrogen-bond donors (Lipinski definition) is 2. The van der Waals surface area contributed by atoms with Crippen molar-refractivity contribution in [2.75, 3.05) is 20.6 Å². The van der Waals surface area contributed by atoms with E-state index in [1.807, 2.05) is 19.1 Å². The van der Waals surface area contributed by atoms with Gasteiger partial charge in [-0.2, -0.15) is 0 Å². The first-order valence-corrected chi connectivity index (χ1v) is 7.26. The second kappa shape index (κ2) is 6.27. The van der Waals surface area contributed by atoms with Crippen LogP contribution in [0.25, 0.3) is 0 Å². The number of benzene rings is 1. The van der Waals surface area contributed by atoms with Gasteiger partial charge in [0.15, 0.2) is 0 Å². The number of carbonyl (C=O) groups is 1. The van der Waals surface area contributed by atoms with Gasteiger partial charge in [0.1, 0.15) is 5.75 Å². The first kappa shape index (κ1) is 14.9. The standard InChI is InChI=1S/C16H24N2O2/c1-11(16(20)17-2)10-18(3)15-6-4-5-12-7-8-13(19)9-14(12)15/h7-9,11,15,19H,4-6,10H2,1-3H3,(H,17,20). The van der Waals surface area contributed by atoms with Gasteiger partial charge in [-0.3, -0.25) is 9.69 Å². The summed E-state index contributed by atoms with van der Waals surface area (Å²) in [5, 5.41) is 12.4. The SMILES string of the molecule is CNC(=O)C(C)CN(C)C1CCCc2ccc(O)cc21. The zero-order valence-corrected chi connectivity index (χ0v) is 12.5. The molecule has 1 aromatic rings. The molecule has 20 heavy (non-hydrogen) atoms. The lowest BCUT2D eigenvalue weighted by Crippen LogP contribution is -2.37. The van der Waals surface area contributed by atoms with Gasteiger partial charge in [0, 0.05) is 25.6 Å². The van der Waals surface area contributed by atoms with E-state index in [2.05, 4.69) is 17.3 Å². The number of nitrogens with zero attached hydrogens (tertiary/aromatic N) is 1. The minimum absolute atomic E-state index is 0.0346. The molecule has 0 saturated carbocycles. The quantitative estimate of drug-likeness (QED) is 0.885. The Hall–Kier alpha value is -1.55. The third kappa shape index (κ3) is 3.12. The van der Waals surface area contributed by atoms with Gasteiger partial charge in [0.2, 0.25) is 5.91 Å². The molecule has 0 spiro atoms. The Balaban J connectivity index is 2.14. The molecule has 110 valence electrons. The van der Waals surface area contributed by atoms with Gasteiger partial charge in [-0.15, -0.1) is 0 Å². The van der Waals surface area contributed by atoms with Crippen LogP contribution < -0.4 is 5.32 Å². The Kier molecular flexibility index (Phi) is 4.65. The van der Waals surface area contributed by atoms with Crippen LogP contribution >= 0.6 is 0 Å². The number of nitrogens with one attached hydrogen (secondary N) is 1. The van der Waals surface area contributed by atoms with Crippen LogP contribution in [0.5, 0.6) is 5.75 Å². The second-order valence-corrected chi connectivity index (χ2v) is 5.75. The molecule has 4 nitrogen and oxygen atoms in total. The highest BCUT2D eigenvalue weighted by Crippen LogP contribution is 2.35. The van der Waals surface area contributed by atoms with Crippen LogP contribution in [-0.2, 0) is 11.2 Å². The number of rotatable bonds is 4. The normalized spacial score (nSPS) is 19.5. The molecule has 0 aromatic heterocycles. The Labute approximate surface area is 120 Å². The number of carbonyl (C=O) groups excluding carboxylic acids is 1. The summed E-state index contributed by atoms with van der Waals surface area (Å²) in [6.45, 7) is 2.67. The van der Waals surface area contributed by atoms with Crippen LogP contribution in [0, 0.1) is 5.92 Å². The average molecular weight is 276 g/mol. The number of aryl methyl sites for hydroxylation is 1. The molecule has 2 atom stereocenters. The molecule has 0 aliphatic heterocycles. The molecule has 0 heterocycles. The van der Waals surface area contributed by atoms with E-state index < -0.39 is 0 Å². The fraction of sp³-hybridized carbons (Fsp3) is 0.562. The summed E-state index contributed by atoms with van der Waals surface area (Å²) in [5.74, 6) is 0.361. The maximum absolute atomic E-state index is 11.7. The molecule has 1 aliphatic carbocycles. The van der Waals surface area contributed by atoms with Crippen LogP contribution in [0.1, 0.15) is 36.9 Å². The lowest BCUT2D eigenvalue weighted by Gasteiger charge is -2.34. The summed E-state index contributed by atoms with van der Waals surface area (Å²) >= 11 is 0. The Morgan fingerprint density at radius 1 is 1.55 bits per heavy atom. The largest absolute Gasteiger partial charge is 0.508 e. The summed E-state index contributed by atoms with van der Waals surface area (Å²) in [5.41, 5.74) is 2.53. The Morgan fingerprint density at radius 3 is 3.00 bits per heavy atom. The van der Waals surface area contributed by atoms with E-state index in [4.69, 9.17) is 0 Å². The average Bonchev–Trinajstić information content (AvgIpc) is 2.45. The summed E-state index contributed by atoms with van der Waals surface area (Å²) in [6, 6.07) is 5.94. The first-order valence-electron chi connectivity index (χ1n) is 7.26. The van der Waals surface area contributed by atoms with E-state index in [1.165, 1.54) is 11.1 Å². The predicted molar refractivity (Wildman–Crippen MR) is 79.6 cm³/mol. The van der Waals surface area contributed by atoms with E-state index in [0.29, 0.717) is 5.75 Å². The molecule has 1 amide bonds. The van der Waals surface area contributed by atoms with Gasteiger partial charge in [0.25, 0.3) is 0 Å². The van der Waals surface area contributed by atoms with Gasteiger partial charge in [0.05, 0.1) is 0 Å². The summed E-state index contributed by atoms with van der Waals surface area (Å²) < 4.78 is 0. The summed E-state index contributed by atoms with van der Waals surface area (Å²) in [6.07, 6.45) is 3.31. The van der Waals surface area contributed by atoms with Gasteiger partial charge in [-0.05, 0) is 49.6 Å². The van der Waals surface area contributed by atoms with Crippen molar-refractivity contribution in [3.8, 4) is 5.75 Å². The van der Waals surface area contributed by atoms with Crippen molar-refractivity contribution in [3.63, 3.8) is 0 Å². The van der Waals surface area contributed by atoms with Crippen molar-refractivity contribution in [2.24, 2.45) is 5.92 Å². The van der Waals surface area contributed by atoms with E-state index >= 15 is 0 Å². The number of fused-ring (bicyclic) bond motifs is 1. The van der Waals surface area contributed by atoms with Crippen LogP contribution in [-0.4, -0.2) is 36.6 Å². The van der Waals surface area contributed by atoms with Crippen molar-refractivity contribution in [2.45, 2.75) is 32.2 Å². The minimum Gasteiger partial charge on any atom is -0.508 e. The molecule has 4 heteroatoms. The predicted octanol–water partition coefficient (Wildman–Crippen LogP) is 2.08. The lowest BCUT2D eigenvalue weighted by atomic mass is 9.86. The Morgan fingerprint density at radius 2 is 2.30 bits per heavy atom. The third-order valence-electron chi connectivity index (χ3n) is 4.20. The number of amides is 1. The number of aromatic hydroxyl groups is 1. The highest BCUT2D eigenvalue weighted by Gasteiger charge is 2.26. The molecule has 2 rings (SSSR count). The maximum Gasteiger partial charge on any atom is 0.223 e. The van der Waals surface area contributed by atoms with Crippen LogP contribution in [0.2, 0.25) is 0 Å². The van der Waals surface area contributed by atoms with Gasteiger partial charge in [-0.1, -0.05) is 13.0 Å². The van der Waals surface area contributed by atoms with Gasteiger partial charge >= 0.3 is 0 Å². The third-order valence-corrected chi connectivity index (χ3v) is 4.20. The zero-order chi connectivity index (χ0) is 14.7. The molecule has 0 radical (unpaired) electrons. The van der Waals surface area contributed by atoms with Crippen molar-refractivity contribution in [1.82, 2.24) is 10.2 Å². The molecule has 1 aliphatic rings. The van der Waals surface area contributed by atoms with E-state index in [0.717, 1.165) is 25.8 Å². The van der Waals surface area contributed by atoms with Crippen LogP contribution in [0.3, 0.4) is 0 Å². The van der Waals surface area contributed by atoms with Crippen LogP contribution in [0.15, 0.2) is 18.2 Å². The number of phenols is 1. The lowest BCUT2D eigenvalue weighted by molar-refractivity contribution is -0.124. The van der Waals surface area contributed by atoms with E-state index in [1.54, 1.807) is 13.1 Å². The smallest absolute Gasteiger partial charge is 0.223 e. The Bertz CT molecular complexity index is 487. The van der Waals surface area contributed by atoms with E-state index in [9.17, 15) is 9.90 Å². The second-order valence-electron chi connectivity index (χ2n) is 5.75. The fourth-order valence-electron chi connectivity index (χ4n) is 3.11.